The molecule has 1 atom stereocenters. The van der Waals surface area contributed by atoms with Crippen LogP contribution in [0.5, 0.6) is 5.75 Å². The molecule has 1 rings (SSSR count). The summed E-state index contributed by atoms with van der Waals surface area (Å²) in [4.78, 5) is 11.3. The van der Waals surface area contributed by atoms with Gasteiger partial charge in [0, 0.05) is 6.07 Å². The smallest absolute Gasteiger partial charge is 0.422 e. The molecule has 0 bridgehead atoms. The molecule has 0 spiro atoms. The zero-order valence-corrected chi connectivity index (χ0v) is 11.1. The zero-order valence-electron chi connectivity index (χ0n) is 10.3. The van der Waals surface area contributed by atoms with E-state index in [-0.39, 0.29) is 23.8 Å². The van der Waals surface area contributed by atoms with Crippen molar-refractivity contribution in [1.82, 2.24) is 0 Å². The van der Waals surface area contributed by atoms with Gasteiger partial charge in [-0.2, -0.15) is 13.2 Å². The molecule has 4 nitrogen and oxygen atoms in total. The van der Waals surface area contributed by atoms with E-state index in [2.05, 4.69) is 10.1 Å². The van der Waals surface area contributed by atoms with Crippen molar-refractivity contribution in [2.24, 2.45) is 5.73 Å². The molecular weight excluding hydrogens is 304 g/mol. The highest BCUT2D eigenvalue weighted by molar-refractivity contribution is 5.95. The van der Waals surface area contributed by atoms with Gasteiger partial charge in [0.15, 0.2) is 6.61 Å². The highest BCUT2D eigenvalue weighted by Gasteiger charge is 2.29. The van der Waals surface area contributed by atoms with Crippen molar-refractivity contribution in [3.63, 3.8) is 0 Å². The number of hydrogen-bond donors (Lipinski definition) is 2. The number of benzene rings is 1. The van der Waals surface area contributed by atoms with E-state index in [0.717, 1.165) is 18.2 Å². The van der Waals surface area contributed by atoms with Gasteiger partial charge in [-0.05, 0) is 19.1 Å². The Balaban J connectivity index is 0.00000361. The molecule has 0 radical (unpaired) electrons. The van der Waals surface area contributed by atoms with Gasteiger partial charge in [-0.1, -0.05) is 0 Å². The van der Waals surface area contributed by atoms with Crippen LogP contribution in [-0.4, -0.2) is 24.7 Å². The van der Waals surface area contributed by atoms with Crippen molar-refractivity contribution in [2.75, 3.05) is 11.9 Å². The van der Waals surface area contributed by atoms with Crippen LogP contribution in [0.25, 0.3) is 0 Å². The maximum Gasteiger partial charge on any atom is 0.422 e. The molecule has 0 unspecified atom stereocenters. The summed E-state index contributed by atoms with van der Waals surface area (Å²) in [5.41, 5.74) is 5.09. The Labute approximate surface area is 118 Å². The molecule has 0 heterocycles. The summed E-state index contributed by atoms with van der Waals surface area (Å²) in [5.74, 6) is -1.67. The highest BCUT2D eigenvalue weighted by Crippen LogP contribution is 2.27. The van der Waals surface area contributed by atoms with E-state index in [1.165, 1.54) is 6.92 Å². The third kappa shape index (κ3) is 6.07. The average Bonchev–Trinajstić information content (AvgIpc) is 2.26. The van der Waals surface area contributed by atoms with Gasteiger partial charge < -0.3 is 15.8 Å². The highest BCUT2D eigenvalue weighted by atomic mass is 35.5. The third-order valence-corrected chi connectivity index (χ3v) is 2.00. The monoisotopic (exact) mass is 316 g/mol. The molecule has 0 aliphatic rings. The summed E-state index contributed by atoms with van der Waals surface area (Å²) in [5, 5.41) is 2.19. The number of ether oxygens (including phenoxy) is 1. The van der Waals surface area contributed by atoms with E-state index in [0.29, 0.717) is 0 Å². The van der Waals surface area contributed by atoms with Gasteiger partial charge in [-0.25, -0.2) is 4.39 Å². The summed E-state index contributed by atoms with van der Waals surface area (Å²) in [6.45, 7) is -0.162. The van der Waals surface area contributed by atoms with Crippen LogP contribution in [0.15, 0.2) is 18.2 Å². The van der Waals surface area contributed by atoms with Crippen LogP contribution in [0, 0.1) is 5.82 Å². The largest absolute Gasteiger partial charge is 0.482 e. The second-order valence-corrected chi connectivity index (χ2v) is 3.82. The Morgan fingerprint density at radius 1 is 1.45 bits per heavy atom. The molecule has 0 saturated heterocycles. The Morgan fingerprint density at radius 3 is 2.55 bits per heavy atom. The fraction of sp³-hybridized carbons (Fsp3) is 0.364. The minimum absolute atomic E-state index is 0. The molecular formula is C11H13ClF4N2O2. The number of amides is 1. The lowest BCUT2D eigenvalue weighted by Gasteiger charge is -2.14. The lowest BCUT2D eigenvalue weighted by Crippen LogP contribution is -2.32. The van der Waals surface area contributed by atoms with E-state index < -0.39 is 30.5 Å². The topological polar surface area (TPSA) is 64.4 Å². The Hall–Kier alpha value is -1.54. The number of anilines is 1. The molecule has 3 N–H and O–H groups in total. The number of alkyl halides is 3. The average molecular weight is 317 g/mol. The normalized spacial score (nSPS) is 12.3. The molecule has 9 heteroatoms. The molecule has 0 aliphatic carbocycles. The zero-order chi connectivity index (χ0) is 14.6. The van der Waals surface area contributed by atoms with Crippen molar-refractivity contribution < 1.29 is 27.1 Å². The predicted octanol–water partition coefficient (Wildman–Crippen LogP) is 2.47. The second kappa shape index (κ2) is 7.30. The van der Waals surface area contributed by atoms with Gasteiger partial charge in [0.25, 0.3) is 0 Å². The van der Waals surface area contributed by atoms with Crippen LogP contribution in [0.2, 0.25) is 0 Å². The second-order valence-electron chi connectivity index (χ2n) is 3.82. The number of carbonyl (C=O) groups is 1. The number of nitrogens with two attached hydrogens (primary N) is 1. The van der Waals surface area contributed by atoms with Crippen LogP contribution in [-0.2, 0) is 4.79 Å². The van der Waals surface area contributed by atoms with Gasteiger partial charge in [-0.15, -0.1) is 12.4 Å². The fourth-order valence-corrected chi connectivity index (χ4v) is 1.13. The van der Waals surface area contributed by atoms with E-state index >= 15 is 0 Å². The molecule has 20 heavy (non-hydrogen) atoms. The van der Waals surface area contributed by atoms with Gasteiger partial charge in [0.2, 0.25) is 5.91 Å². The Morgan fingerprint density at radius 2 is 2.05 bits per heavy atom. The molecule has 0 aliphatic heterocycles. The van der Waals surface area contributed by atoms with E-state index in [4.69, 9.17) is 5.73 Å². The number of carbonyl (C=O) groups excluding carboxylic acids is 1. The molecule has 114 valence electrons. The maximum atomic E-state index is 13.0. The number of halogens is 5. The number of hydrogen-bond acceptors (Lipinski definition) is 3. The molecule has 1 aromatic carbocycles. The minimum atomic E-state index is -4.53. The number of nitrogens with one attached hydrogen (secondary N) is 1. The summed E-state index contributed by atoms with van der Waals surface area (Å²) < 4.78 is 53.6. The summed E-state index contributed by atoms with van der Waals surface area (Å²) in [6.07, 6.45) is -4.53. The van der Waals surface area contributed by atoms with Crippen molar-refractivity contribution in [3.05, 3.63) is 24.0 Å². The molecule has 0 aromatic heterocycles. The molecule has 1 amide bonds. The summed E-state index contributed by atoms with van der Waals surface area (Å²) in [6, 6.07) is 1.88. The first kappa shape index (κ1) is 18.5. The minimum Gasteiger partial charge on any atom is -0.482 e. The van der Waals surface area contributed by atoms with Crippen LogP contribution in [0.1, 0.15) is 6.92 Å². The van der Waals surface area contributed by atoms with E-state index in [1.54, 1.807) is 0 Å². The van der Waals surface area contributed by atoms with Gasteiger partial charge in [0.1, 0.15) is 11.6 Å². The molecule has 1 aromatic rings. The SMILES string of the molecule is C[C@H](N)C(=O)Nc1cc(F)ccc1OCC(F)(F)F.Cl. The standard InChI is InChI=1S/C11H12F4N2O2.ClH/c1-6(16)10(18)17-8-4-7(12)2-3-9(8)19-5-11(13,14)15;/h2-4,6H,5,16H2,1H3,(H,17,18);1H/t6-;/m0./s1. The summed E-state index contributed by atoms with van der Waals surface area (Å²) in [7, 11) is 0. The van der Waals surface area contributed by atoms with Crippen LogP contribution in [0.3, 0.4) is 0 Å². The predicted molar refractivity (Wildman–Crippen MR) is 67.5 cm³/mol. The van der Waals surface area contributed by atoms with Crippen molar-refractivity contribution in [3.8, 4) is 5.75 Å². The lowest BCUT2D eigenvalue weighted by atomic mass is 10.2. The van der Waals surface area contributed by atoms with Crippen molar-refractivity contribution in [2.45, 2.75) is 19.1 Å². The van der Waals surface area contributed by atoms with Crippen LogP contribution < -0.4 is 15.8 Å². The first-order valence-electron chi connectivity index (χ1n) is 5.24. The first-order valence-corrected chi connectivity index (χ1v) is 5.24. The molecule has 0 saturated carbocycles. The van der Waals surface area contributed by atoms with Crippen molar-refractivity contribution in [1.29, 1.82) is 0 Å². The third-order valence-electron chi connectivity index (χ3n) is 2.00. The van der Waals surface area contributed by atoms with E-state index in [9.17, 15) is 22.4 Å². The Bertz CT molecular complexity index is 466. The Kier molecular flexibility index (Phi) is 6.74. The molecule has 0 fully saturated rings. The summed E-state index contributed by atoms with van der Waals surface area (Å²) >= 11 is 0. The quantitative estimate of drug-likeness (QED) is 0.839. The van der Waals surface area contributed by atoms with E-state index in [1.807, 2.05) is 0 Å². The van der Waals surface area contributed by atoms with Crippen LogP contribution in [0.4, 0.5) is 23.2 Å². The van der Waals surface area contributed by atoms with Gasteiger partial charge in [-0.3, -0.25) is 4.79 Å². The number of rotatable bonds is 4. The van der Waals surface area contributed by atoms with Gasteiger partial charge in [0.05, 0.1) is 11.7 Å². The fourth-order valence-electron chi connectivity index (χ4n) is 1.13. The first-order chi connectivity index (χ1) is 8.69. The van der Waals surface area contributed by atoms with Gasteiger partial charge >= 0.3 is 6.18 Å². The van der Waals surface area contributed by atoms with Crippen LogP contribution >= 0.6 is 12.4 Å². The maximum absolute atomic E-state index is 13.0. The lowest BCUT2D eigenvalue weighted by molar-refractivity contribution is -0.153. The van der Waals surface area contributed by atoms with Crippen molar-refractivity contribution >= 4 is 24.0 Å².